The Hall–Kier alpha value is -1.35. The molecule has 0 spiro atoms. The molecule has 1 aliphatic heterocycles. The number of unbranched alkanes of at least 4 members (excludes halogenated alkanes) is 1. The van der Waals surface area contributed by atoms with E-state index < -0.39 is 0 Å². The van der Waals surface area contributed by atoms with Crippen LogP contribution < -0.4 is 0 Å². The Kier molecular flexibility index (Phi) is 6.06. The molecule has 1 heterocycles. The molecule has 3 heteroatoms. The Morgan fingerprint density at radius 1 is 1.30 bits per heavy atom. The van der Waals surface area contributed by atoms with Crippen molar-refractivity contribution in [1.82, 2.24) is 4.90 Å². The van der Waals surface area contributed by atoms with Gasteiger partial charge < -0.3 is 10.1 Å². The Labute approximate surface area is 122 Å². The van der Waals surface area contributed by atoms with E-state index in [1.165, 1.54) is 18.4 Å². The molecule has 110 valence electrons. The maximum Gasteiger partial charge on any atom is 0.0627 e. The van der Waals surface area contributed by atoms with Gasteiger partial charge in [-0.15, -0.1) is 0 Å². The fourth-order valence-electron chi connectivity index (χ4n) is 2.96. The number of oxime groups is 1. The van der Waals surface area contributed by atoms with E-state index in [-0.39, 0.29) is 0 Å². The molecule has 1 fully saturated rings. The van der Waals surface area contributed by atoms with Crippen LogP contribution in [0.25, 0.3) is 0 Å². The van der Waals surface area contributed by atoms with Crippen molar-refractivity contribution in [2.75, 3.05) is 19.6 Å². The zero-order valence-corrected chi connectivity index (χ0v) is 12.5. The number of nitrogens with zero attached hydrogens (tertiary/aromatic N) is 2. The van der Waals surface area contributed by atoms with Crippen molar-refractivity contribution in [1.29, 1.82) is 0 Å². The van der Waals surface area contributed by atoms with Gasteiger partial charge in [-0.2, -0.15) is 0 Å². The summed E-state index contributed by atoms with van der Waals surface area (Å²) < 4.78 is 0. The SMILES string of the molecule is CCCCC1CN(CCc2ccccc2)CC/C1=N\O. The van der Waals surface area contributed by atoms with Crippen molar-refractivity contribution in [2.45, 2.75) is 39.0 Å². The molecule has 0 saturated carbocycles. The molecule has 1 atom stereocenters. The first kappa shape index (κ1) is 15.0. The molecule has 20 heavy (non-hydrogen) atoms. The first-order chi connectivity index (χ1) is 9.83. The Morgan fingerprint density at radius 3 is 2.80 bits per heavy atom. The Morgan fingerprint density at radius 2 is 2.10 bits per heavy atom. The van der Waals surface area contributed by atoms with Gasteiger partial charge in [0.15, 0.2) is 0 Å². The number of hydrogen-bond donors (Lipinski definition) is 1. The van der Waals surface area contributed by atoms with E-state index in [0.29, 0.717) is 5.92 Å². The van der Waals surface area contributed by atoms with Gasteiger partial charge >= 0.3 is 0 Å². The van der Waals surface area contributed by atoms with Crippen LogP contribution >= 0.6 is 0 Å². The molecular weight excluding hydrogens is 248 g/mol. The minimum Gasteiger partial charge on any atom is -0.411 e. The van der Waals surface area contributed by atoms with Crippen LogP contribution in [0.1, 0.15) is 38.2 Å². The van der Waals surface area contributed by atoms with Gasteiger partial charge in [0.2, 0.25) is 0 Å². The molecule has 1 unspecified atom stereocenters. The van der Waals surface area contributed by atoms with E-state index >= 15 is 0 Å². The van der Waals surface area contributed by atoms with E-state index in [1.54, 1.807) is 0 Å². The van der Waals surface area contributed by atoms with Crippen molar-refractivity contribution in [3.05, 3.63) is 35.9 Å². The van der Waals surface area contributed by atoms with Crippen molar-refractivity contribution in [3.8, 4) is 0 Å². The predicted octanol–water partition coefficient (Wildman–Crippen LogP) is 3.57. The van der Waals surface area contributed by atoms with Gasteiger partial charge in [0.25, 0.3) is 0 Å². The summed E-state index contributed by atoms with van der Waals surface area (Å²) in [6.07, 6.45) is 5.60. The van der Waals surface area contributed by atoms with E-state index in [9.17, 15) is 0 Å². The highest BCUT2D eigenvalue weighted by Crippen LogP contribution is 2.20. The number of piperidine rings is 1. The molecule has 1 aromatic carbocycles. The third kappa shape index (κ3) is 4.34. The molecular formula is C17H26N2O. The van der Waals surface area contributed by atoms with E-state index in [4.69, 9.17) is 5.21 Å². The largest absolute Gasteiger partial charge is 0.411 e. The third-order valence-corrected chi connectivity index (χ3v) is 4.23. The van der Waals surface area contributed by atoms with Gasteiger partial charge in [0.05, 0.1) is 5.71 Å². The summed E-state index contributed by atoms with van der Waals surface area (Å²) in [5.41, 5.74) is 2.41. The highest BCUT2D eigenvalue weighted by molar-refractivity contribution is 5.87. The van der Waals surface area contributed by atoms with Gasteiger partial charge in [-0.05, 0) is 18.4 Å². The lowest BCUT2D eigenvalue weighted by atomic mass is 9.90. The fraction of sp³-hybridized carbons (Fsp3) is 0.588. The maximum atomic E-state index is 9.12. The zero-order valence-electron chi connectivity index (χ0n) is 12.5. The standard InChI is InChI=1S/C17H26N2O/c1-2-3-9-16-14-19(13-11-17(16)18-20)12-10-15-7-5-4-6-8-15/h4-8,16,20H,2-3,9-14H2,1H3/b18-17+. The topological polar surface area (TPSA) is 35.8 Å². The van der Waals surface area contributed by atoms with Gasteiger partial charge in [0, 0.05) is 32.0 Å². The molecule has 0 radical (unpaired) electrons. The van der Waals surface area contributed by atoms with Crippen LogP contribution in [0.5, 0.6) is 0 Å². The second-order valence-corrected chi connectivity index (χ2v) is 5.72. The normalized spacial score (nSPS) is 22.2. The lowest BCUT2D eigenvalue weighted by molar-refractivity contribution is 0.226. The average Bonchev–Trinajstić information content (AvgIpc) is 2.52. The van der Waals surface area contributed by atoms with E-state index in [0.717, 1.165) is 44.6 Å². The fourth-order valence-corrected chi connectivity index (χ4v) is 2.96. The molecule has 1 saturated heterocycles. The summed E-state index contributed by atoms with van der Waals surface area (Å²) in [7, 11) is 0. The molecule has 3 nitrogen and oxygen atoms in total. The Bertz CT molecular complexity index is 416. The lowest BCUT2D eigenvalue weighted by Gasteiger charge is -2.33. The minimum atomic E-state index is 0.449. The van der Waals surface area contributed by atoms with E-state index in [2.05, 4.69) is 47.3 Å². The monoisotopic (exact) mass is 274 g/mol. The summed E-state index contributed by atoms with van der Waals surface area (Å²) in [6.45, 7) is 5.39. The van der Waals surface area contributed by atoms with Crippen molar-refractivity contribution >= 4 is 5.71 Å². The lowest BCUT2D eigenvalue weighted by Crippen LogP contribution is -2.41. The summed E-state index contributed by atoms with van der Waals surface area (Å²) in [5, 5.41) is 12.6. The van der Waals surface area contributed by atoms with Gasteiger partial charge in [-0.1, -0.05) is 55.3 Å². The highest BCUT2D eigenvalue weighted by atomic mass is 16.4. The number of hydrogen-bond acceptors (Lipinski definition) is 3. The second kappa shape index (κ2) is 8.05. The smallest absolute Gasteiger partial charge is 0.0627 e. The predicted molar refractivity (Wildman–Crippen MR) is 83.4 cm³/mol. The summed E-state index contributed by atoms with van der Waals surface area (Å²) >= 11 is 0. The molecule has 1 N–H and O–H groups in total. The Balaban J connectivity index is 1.84. The van der Waals surface area contributed by atoms with Crippen molar-refractivity contribution < 1.29 is 5.21 Å². The minimum absolute atomic E-state index is 0.449. The summed E-state index contributed by atoms with van der Waals surface area (Å²) in [6, 6.07) is 10.7. The van der Waals surface area contributed by atoms with Gasteiger partial charge in [-0.3, -0.25) is 0 Å². The van der Waals surface area contributed by atoms with Crippen LogP contribution in [0.3, 0.4) is 0 Å². The van der Waals surface area contributed by atoms with Gasteiger partial charge in [-0.25, -0.2) is 0 Å². The molecule has 2 rings (SSSR count). The van der Waals surface area contributed by atoms with Gasteiger partial charge in [0.1, 0.15) is 0 Å². The van der Waals surface area contributed by atoms with Crippen LogP contribution in [-0.4, -0.2) is 35.5 Å². The van der Waals surface area contributed by atoms with Crippen LogP contribution in [0, 0.1) is 5.92 Å². The molecule has 0 amide bonds. The summed E-state index contributed by atoms with van der Waals surface area (Å²) in [4.78, 5) is 2.52. The average molecular weight is 274 g/mol. The second-order valence-electron chi connectivity index (χ2n) is 5.72. The molecule has 0 bridgehead atoms. The van der Waals surface area contributed by atoms with Crippen molar-refractivity contribution in [3.63, 3.8) is 0 Å². The quantitative estimate of drug-likeness (QED) is 0.636. The number of rotatable bonds is 6. The molecule has 1 aromatic rings. The first-order valence-corrected chi connectivity index (χ1v) is 7.80. The number of benzene rings is 1. The zero-order chi connectivity index (χ0) is 14.2. The van der Waals surface area contributed by atoms with Crippen LogP contribution in [0.4, 0.5) is 0 Å². The summed E-state index contributed by atoms with van der Waals surface area (Å²) in [5.74, 6) is 0.449. The maximum absolute atomic E-state index is 9.12. The first-order valence-electron chi connectivity index (χ1n) is 7.80. The molecule has 0 aromatic heterocycles. The van der Waals surface area contributed by atoms with Crippen molar-refractivity contribution in [2.24, 2.45) is 11.1 Å². The van der Waals surface area contributed by atoms with Crippen LogP contribution in [0.15, 0.2) is 35.5 Å². The molecule has 0 aliphatic carbocycles. The van der Waals surface area contributed by atoms with Crippen LogP contribution in [0.2, 0.25) is 0 Å². The van der Waals surface area contributed by atoms with E-state index in [1.807, 2.05) is 0 Å². The van der Waals surface area contributed by atoms with Crippen LogP contribution in [-0.2, 0) is 6.42 Å². The number of likely N-dealkylation sites (tertiary alicyclic amines) is 1. The molecule has 1 aliphatic rings. The third-order valence-electron chi connectivity index (χ3n) is 4.23. The highest BCUT2D eigenvalue weighted by Gasteiger charge is 2.25.